The maximum absolute atomic E-state index is 12.7. The second-order valence-corrected chi connectivity index (χ2v) is 7.63. The third-order valence-corrected chi connectivity index (χ3v) is 4.31. The predicted molar refractivity (Wildman–Crippen MR) is 109 cm³/mol. The molecule has 0 atom stereocenters. The highest BCUT2D eigenvalue weighted by atomic mass is 35.5. The molecule has 1 heterocycles. The summed E-state index contributed by atoms with van der Waals surface area (Å²) in [6.45, 7) is 6.28. The van der Waals surface area contributed by atoms with Crippen molar-refractivity contribution in [2.45, 2.75) is 32.9 Å². The summed E-state index contributed by atoms with van der Waals surface area (Å²) < 4.78 is 5.97. The molecular weight excluding hydrogens is 362 g/mol. The van der Waals surface area contributed by atoms with Crippen LogP contribution in [0.3, 0.4) is 0 Å². The van der Waals surface area contributed by atoms with Crippen LogP contribution in [0.1, 0.15) is 36.8 Å². The number of hydrogen-bond acceptors (Lipinski definition) is 4. The van der Waals surface area contributed by atoms with Crippen LogP contribution in [0.4, 0.5) is 5.69 Å². The fourth-order valence-electron chi connectivity index (χ4n) is 2.77. The van der Waals surface area contributed by atoms with E-state index >= 15 is 0 Å². The van der Waals surface area contributed by atoms with E-state index in [-0.39, 0.29) is 11.5 Å². The van der Waals surface area contributed by atoms with Gasteiger partial charge in [-0.15, -0.1) is 0 Å². The van der Waals surface area contributed by atoms with E-state index in [1.165, 1.54) is 0 Å². The summed E-state index contributed by atoms with van der Waals surface area (Å²) in [6.07, 6.45) is 1.56. The zero-order valence-electron chi connectivity index (χ0n) is 15.5. The highest BCUT2D eigenvalue weighted by Gasteiger charge is 2.17. The van der Waals surface area contributed by atoms with E-state index in [1.54, 1.807) is 24.4 Å². The van der Waals surface area contributed by atoms with Gasteiger partial charge in [0.1, 0.15) is 17.0 Å². The number of pyridine rings is 1. The number of para-hydroxylation sites is 1. The first-order chi connectivity index (χ1) is 12.8. The fourth-order valence-corrected chi connectivity index (χ4v) is 2.94. The topological polar surface area (TPSA) is 77.2 Å². The fraction of sp³-hybridized carbons (Fsp3) is 0.238. The van der Waals surface area contributed by atoms with E-state index in [1.807, 2.05) is 45.0 Å². The summed E-state index contributed by atoms with van der Waals surface area (Å²) in [4.78, 5) is 17.0. The lowest BCUT2D eigenvalue weighted by Crippen LogP contribution is -2.26. The highest BCUT2D eigenvalue weighted by molar-refractivity contribution is 6.34. The van der Waals surface area contributed by atoms with Crippen LogP contribution in [-0.2, 0) is 6.54 Å². The first kappa shape index (κ1) is 19.0. The molecule has 0 bridgehead atoms. The Morgan fingerprint density at radius 1 is 1.15 bits per heavy atom. The van der Waals surface area contributed by atoms with Gasteiger partial charge in [-0.3, -0.25) is 9.78 Å². The molecule has 0 saturated heterocycles. The molecule has 3 aromatic rings. The number of nitrogens with two attached hydrogens (primary N) is 1. The van der Waals surface area contributed by atoms with Crippen LogP contribution in [0.25, 0.3) is 10.8 Å². The molecule has 1 amide bonds. The average molecular weight is 384 g/mol. The summed E-state index contributed by atoms with van der Waals surface area (Å²) in [7, 11) is 0. The van der Waals surface area contributed by atoms with E-state index in [9.17, 15) is 4.79 Å². The van der Waals surface area contributed by atoms with Crippen LogP contribution >= 0.6 is 11.6 Å². The van der Waals surface area contributed by atoms with Gasteiger partial charge < -0.3 is 15.8 Å². The Balaban J connectivity index is 1.84. The first-order valence-electron chi connectivity index (χ1n) is 8.64. The van der Waals surface area contributed by atoms with Crippen LogP contribution in [0.15, 0.2) is 48.7 Å². The lowest BCUT2D eigenvalue weighted by Gasteiger charge is -2.23. The summed E-state index contributed by atoms with van der Waals surface area (Å²) >= 11 is 6.07. The number of rotatable bonds is 4. The maximum atomic E-state index is 12.7. The van der Waals surface area contributed by atoms with Crippen molar-refractivity contribution in [1.82, 2.24) is 10.3 Å². The molecule has 0 aliphatic rings. The summed E-state index contributed by atoms with van der Waals surface area (Å²) in [5.74, 6) is 0.458. The van der Waals surface area contributed by atoms with Crippen molar-refractivity contribution in [3.05, 3.63) is 64.9 Å². The summed E-state index contributed by atoms with van der Waals surface area (Å²) in [5.41, 5.74) is 7.34. The monoisotopic (exact) mass is 383 g/mol. The van der Waals surface area contributed by atoms with Gasteiger partial charge >= 0.3 is 0 Å². The van der Waals surface area contributed by atoms with Crippen molar-refractivity contribution >= 4 is 34.0 Å². The number of carbonyl (C=O) groups excluding carboxylic acids is 1. The van der Waals surface area contributed by atoms with Crippen LogP contribution in [0, 0.1) is 0 Å². The molecule has 5 nitrogen and oxygen atoms in total. The number of amides is 1. The quantitative estimate of drug-likeness (QED) is 0.646. The molecule has 2 aromatic carbocycles. The minimum absolute atomic E-state index is 0.284. The van der Waals surface area contributed by atoms with Gasteiger partial charge in [0.05, 0.1) is 10.7 Å². The van der Waals surface area contributed by atoms with E-state index in [0.29, 0.717) is 33.7 Å². The standard InChI is InChI=1S/C21H22ClN3O2/c1-21(2,3)27-17-7-5-4-6-13(17)12-25-20(26)19-15-8-9-16(22)18(23)14(15)10-11-24-19/h4-11H,12,23H2,1-3H3,(H,25,26). The van der Waals surface area contributed by atoms with Crippen molar-refractivity contribution < 1.29 is 9.53 Å². The predicted octanol–water partition coefficient (Wildman–Crippen LogP) is 4.58. The SMILES string of the molecule is CC(C)(C)Oc1ccccc1CNC(=O)c1nccc2c(N)c(Cl)ccc12. The molecule has 6 heteroatoms. The van der Waals surface area contributed by atoms with Crippen LogP contribution in [-0.4, -0.2) is 16.5 Å². The molecule has 3 rings (SSSR count). The maximum Gasteiger partial charge on any atom is 0.270 e. The number of nitrogen functional groups attached to an aromatic ring is 1. The van der Waals surface area contributed by atoms with E-state index in [2.05, 4.69) is 10.3 Å². The van der Waals surface area contributed by atoms with E-state index in [0.717, 1.165) is 11.3 Å². The number of carbonyl (C=O) groups is 1. The van der Waals surface area contributed by atoms with Crippen molar-refractivity contribution in [2.75, 3.05) is 5.73 Å². The molecule has 0 aliphatic heterocycles. The Bertz CT molecular complexity index is 996. The molecule has 27 heavy (non-hydrogen) atoms. The molecule has 1 aromatic heterocycles. The Morgan fingerprint density at radius 2 is 1.89 bits per heavy atom. The van der Waals surface area contributed by atoms with Crippen LogP contribution in [0.2, 0.25) is 5.02 Å². The smallest absolute Gasteiger partial charge is 0.270 e. The second kappa shape index (κ2) is 7.45. The minimum Gasteiger partial charge on any atom is -0.488 e. The lowest BCUT2D eigenvalue weighted by molar-refractivity contribution is 0.0946. The Kier molecular flexibility index (Phi) is 5.24. The van der Waals surface area contributed by atoms with Crippen molar-refractivity contribution in [3.8, 4) is 5.75 Å². The third kappa shape index (κ3) is 4.31. The van der Waals surface area contributed by atoms with Crippen molar-refractivity contribution in [2.24, 2.45) is 0 Å². The normalized spacial score (nSPS) is 11.4. The highest BCUT2D eigenvalue weighted by Crippen LogP contribution is 2.29. The molecule has 0 fully saturated rings. The number of nitrogens with zero attached hydrogens (tertiary/aromatic N) is 1. The molecule has 0 spiro atoms. The number of anilines is 1. The zero-order chi connectivity index (χ0) is 19.6. The van der Waals surface area contributed by atoms with Crippen molar-refractivity contribution in [1.29, 1.82) is 0 Å². The molecule has 0 saturated carbocycles. The van der Waals surface area contributed by atoms with Crippen LogP contribution < -0.4 is 15.8 Å². The van der Waals surface area contributed by atoms with E-state index in [4.69, 9.17) is 22.1 Å². The second-order valence-electron chi connectivity index (χ2n) is 7.22. The van der Waals surface area contributed by atoms with Gasteiger partial charge in [0.2, 0.25) is 0 Å². The number of halogens is 1. The molecule has 0 unspecified atom stereocenters. The molecule has 3 N–H and O–H groups in total. The zero-order valence-corrected chi connectivity index (χ0v) is 16.3. The van der Waals surface area contributed by atoms with Gasteiger partial charge in [0, 0.05) is 29.1 Å². The lowest BCUT2D eigenvalue weighted by atomic mass is 10.1. The number of hydrogen-bond donors (Lipinski definition) is 2. The first-order valence-corrected chi connectivity index (χ1v) is 9.02. The average Bonchev–Trinajstić information content (AvgIpc) is 2.62. The van der Waals surface area contributed by atoms with Gasteiger partial charge in [0.25, 0.3) is 5.91 Å². The van der Waals surface area contributed by atoms with E-state index < -0.39 is 0 Å². The van der Waals surface area contributed by atoms with Gasteiger partial charge in [-0.1, -0.05) is 35.9 Å². The third-order valence-electron chi connectivity index (χ3n) is 3.98. The number of nitrogens with one attached hydrogen (secondary N) is 1. The molecule has 0 radical (unpaired) electrons. The van der Waals surface area contributed by atoms with Crippen LogP contribution in [0.5, 0.6) is 5.75 Å². The number of fused-ring (bicyclic) bond motifs is 1. The number of aromatic nitrogens is 1. The number of benzene rings is 2. The van der Waals surface area contributed by atoms with Gasteiger partial charge in [0.15, 0.2) is 0 Å². The number of ether oxygens (including phenoxy) is 1. The molecule has 0 aliphatic carbocycles. The molecular formula is C21H22ClN3O2. The molecule has 140 valence electrons. The van der Waals surface area contributed by atoms with Gasteiger partial charge in [-0.25, -0.2) is 0 Å². The Labute approximate surface area is 163 Å². The summed E-state index contributed by atoms with van der Waals surface area (Å²) in [6, 6.07) is 12.8. The Hall–Kier alpha value is -2.79. The largest absolute Gasteiger partial charge is 0.488 e. The summed E-state index contributed by atoms with van der Waals surface area (Å²) in [5, 5.41) is 4.74. The Morgan fingerprint density at radius 3 is 2.63 bits per heavy atom. The van der Waals surface area contributed by atoms with Crippen molar-refractivity contribution in [3.63, 3.8) is 0 Å². The van der Waals surface area contributed by atoms with Gasteiger partial charge in [-0.05, 0) is 39.0 Å². The minimum atomic E-state index is -0.325. The van der Waals surface area contributed by atoms with Gasteiger partial charge in [-0.2, -0.15) is 0 Å².